The molecule has 1 atom stereocenters. The highest BCUT2D eigenvalue weighted by atomic mass is 35.5. The number of benzene rings is 2. The zero-order chi connectivity index (χ0) is 19.0. The molecule has 0 aromatic heterocycles. The molecule has 0 heterocycles. The van der Waals surface area contributed by atoms with E-state index >= 15 is 0 Å². The molecule has 5 nitrogen and oxygen atoms in total. The van der Waals surface area contributed by atoms with Crippen molar-refractivity contribution < 1.29 is 17.9 Å². The van der Waals surface area contributed by atoms with E-state index in [9.17, 15) is 8.42 Å². The Labute approximate surface area is 160 Å². The quantitative estimate of drug-likeness (QED) is 0.610. The van der Waals surface area contributed by atoms with Gasteiger partial charge in [0.05, 0.1) is 11.5 Å². The van der Waals surface area contributed by atoms with Gasteiger partial charge in [-0.15, -0.1) is 0 Å². The van der Waals surface area contributed by atoms with Gasteiger partial charge in [0.1, 0.15) is 12.4 Å². The Balaban J connectivity index is 2.05. The van der Waals surface area contributed by atoms with Crippen molar-refractivity contribution in [3.63, 3.8) is 0 Å². The largest absolute Gasteiger partial charge is 0.491 e. The van der Waals surface area contributed by atoms with Gasteiger partial charge in [0, 0.05) is 17.7 Å². The van der Waals surface area contributed by atoms with E-state index in [-0.39, 0.29) is 10.9 Å². The number of rotatable bonds is 10. The highest BCUT2D eigenvalue weighted by Crippen LogP contribution is 2.23. The van der Waals surface area contributed by atoms with Crippen LogP contribution in [0, 0.1) is 0 Å². The summed E-state index contributed by atoms with van der Waals surface area (Å²) >= 11 is 5.90. The molecule has 0 spiro atoms. The lowest BCUT2D eigenvalue weighted by Gasteiger charge is -2.18. The van der Waals surface area contributed by atoms with E-state index in [4.69, 9.17) is 21.1 Å². The second-order valence-electron chi connectivity index (χ2n) is 5.65. The molecule has 0 saturated carbocycles. The molecule has 2 aromatic rings. The molecule has 0 aliphatic heterocycles. The standard InChI is InChI=1S/C19H24ClNO4S/c1-3-19(15-5-7-16(20)8-6-15)21-26(22,23)18-11-9-17(10-12-18)25-14-13-24-4-2/h5-12,19,21H,3-4,13-14H2,1-2H3. The summed E-state index contributed by atoms with van der Waals surface area (Å²) in [6, 6.07) is 13.2. The van der Waals surface area contributed by atoms with Crippen molar-refractivity contribution in [2.45, 2.75) is 31.2 Å². The van der Waals surface area contributed by atoms with Crippen LogP contribution in [0.25, 0.3) is 0 Å². The number of hydrogen-bond donors (Lipinski definition) is 1. The fourth-order valence-electron chi connectivity index (χ4n) is 2.42. The molecule has 0 saturated heterocycles. The van der Waals surface area contributed by atoms with Crippen molar-refractivity contribution in [2.24, 2.45) is 0 Å². The van der Waals surface area contributed by atoms with Gasteiger partial charge in [-0.1, -0.05) is 30.7 Å². The van der Waals surface area contributed by atoms with E-state index in [0.29, 0.717) is 37.0 Å². The topological polar surface area (TPSA) is 64.6 Å². The summed E-state index contributed by atoms with van der Waals surface area (Å²) < 4.78 is 38.8. The highest BCUT2D eigenvalue weighted by Gasteiger charge is 2.20. The summed E-state index contributed by atoms with van der Waals surface area (Å²) in [6.45, 7) is 5.40. The fourth-order valence-corrected chi connectivity index (χ4v) is 3.85. The van der Waals surface area contributed by atoms with Crippen LogP contribution < -0.4 is 9.46 Å². The zero-order valence-corrected chi connectivity index (χ0v) is 16.5. The minimum absolute atomic E-state index is 0.196. The van der Waals surface area contributed by atoms with Gasteiger partial charge in [-0.2, -0.15) is 0 Å². The summed E-state index contributed by atoms with van der Waals surface area (Å²) in [7, 11) is -3.64. The zero-order valence-electron chi connectivity index (χ0n) is 14.9. The van der Waals surface area contributed by atoms with Gasteiger partial charge >= 0.3 is 0 Å². The van der Waals surface area contributed by atoms with Crippen LogP contribution in [0.3, 0.4) is 0 Å². The number of nitrogens with one attached hydrogen (secondary N) is 1. The normalized spacial score (nSPS) is 12.7. The van der Waals surface area contributed by atoms with Gasteiger partial charge in [-0.3, -0.25) is 0 Å². The van der Waals surface area contributed by atoms with Crippen molar-refractivity contribution >= 4 is 21.6 Å². The van der Waals surface area contributed by atoms with Crippen LogP contribution in [0.4, 0.5) is 0 Å². The van der Waals surface area contributed by atoms with E-state index in [0.717, 1.165) is 5.56 Å². The van der Waals surface area contributed by atoms with Crippen molar-refractivity contribution in [1.82, 2.24) is 4.72 Å². The maximum Gasteiger partial charge on any atom is 0.241 e. The first kappa shape index (κ1) is 20.7. The number of hydrogen-bond acceptors (Lipinski definition) is 4. The van der Waals surface area contributed by atoms with Crippen LogP contribution in [0.5, 0.6) is 5.75 Å². The third-order valence-corrected chi connectivity index (χ3v) is 5.55. The van der Waals surface area contributed by atoms with Crippen LogP contribution in [0.15, 0.2) is 53.4 Å². The first-order valence-corrected chi connectivity index (χ1v) is 10.4. The highest BCUT2D eigenvalue weighted by molar-refractivity contribution is 7.89. The monoisotopic (exact) mass is 397 g/mol. The molecule has 1 unspecified atom stereocenters. The molecule has 2 aromatic carbocycles. The SMILES string of the molecule is CCOCCOc1ccc(S(=O)(=O)NC(CC)c2ccc(Cl)cc2)cc1. The molecular formula is C19H24ClNO4S. The van der Waals surface area contributed by atoms with Gasteiger partial charge in [-0.25, -0.2) is 13.1 Å². The molecule has 0 bridgehead atoms. The molecule has 1 N–H and O–H groups in total. The molecule has 142 valence electrons. The lowest BCUT2D eigenvalue weighted by Crippen LogP contribution is -2.28. The minimum Gasteiger partial charge on any atom is -0.491 e. The number of halogens is 1. The number of ether oxygens (including phenoxy) is 2. The lowest BCUT2D eigenvalue weighted by atomic mass is 10.1. The summed E-state index contributed by atoms with van der Waals surface area (Å²) in [5.41, 5.74) is 0.872. The van der Waals surface area contributed by atoms with Crippen molar-refractivity contribution in [3.8, 4) is 5.75 Å². The first-order chi connectivity index (χ1) is 12.5. The third kappa shape index (κ3) is 5.99. The Kier molecular flexibility index (Phi) is 7.90. The molecule has 0 aliphatic carbocycles. The second kappa shape index (κ2) is 9.92. The average Bonchev–Trinajstić information content (AvgIpc) is 2.64. The summed E-state index contributed by atoms with van der Waals surface area (Å²) in [4.78, 5) is 0.196. The molecule has 7 heteroatoms. The van der Waals surface area contributed by atoms with Crippen molar-refractivity contribution in [3.05, 3.63) is 59.1 Å². The van der Waals surface area contributed by atoms with Crippen molar-refractivity contribution in [2.75, 3.05) is 19.8 Å². The van der Waals surface area contributed by atoms with Crippen molar-refractivity contribution in [1.29, 1.82) is 0 Å². The van der Waals surface area contributed by atoms with E-state index in [1.54, 1.807) is 24.3 Å². The molecular weight excluding hydrogens is 374 g/mol. The van der Waals surface area contributed by atoms with E-state index in [1.165, 1.54) is 12.1 Å². The Hall–Kier alpha value is -1.60. The van der Waals surface area contributed by atoms with Crippen LogP contribution in [-0.2, 0) is 14.8 Å². The summed E-state index contributed by atoms with van der Waals surface area (Å²) in [5, 5.41) is 0.617. The maximum atomic E-state index is 12.7. The molecule has 2 rings (SSSR count). The smallest absolute Gasteiger partial charge is 0.241 e. The van der Waals surface area contributed by atoms with Crippen LogP contribution >= 0.6 is 11.6 Å². The Morgan fingerprint density at radius 1 is 1.00 bits per heavy atom. The predicted molar refractivity (Wildman–Crippen MR) is 103 cm³/mol. The molecule has 0 amide bonds. The Morgan fingerprint density at radius 2 is 1.65 bits per heavy atom. The van der Waals surface area contributed by atoms with Gasteiger partial charge in [-0.05, 0) is 55.3 Å². The second-order valence-corrected chi connectivity index (χ2v) is 7.80. The van der Waals surface area contributed by atoms with Crippen LogP contribution in [0.1, 0.15) is 31.9 Å². The molecule has 26 heavy (non-hydrogen) atoms. The fraction of sp³-hybridized carbons (Fsp3) is 0.368. The molecule has 0 radical (unpaired) electrons. The summed E-state index contributed by atoms with van der Waals surface area (Å²) in [6.07, 6.45) is 0.624. The lowest BCUT2D eigenvalue weighted by molar-refractivity contribution is 0.110. The molecule has 0 aliphatic rings. The predicted octanol–water partition coefficient (Wildman–Crippen LogP) is 4.18. The van der Waals surface area contributed by atoms with Gasteiger partial charge < -0.3 is 9.47 Å². The van der Waals surface area contributed by atoms with Gasteiger partial charge in [0.15, 0.2) is 0 Å². The Bertz CT molecular complexity index is 776. The third-order valence-electron chi connectivity index (χ3n) is 3.81. The van der Waals surface area contributed by atoms with E-state index < -0.39 is 10.0 Å². The first-order valence-electron chi connectivity index (χ1n) is 8.54. The molecule has 0 fully saturated rings. The van der Waals surface area contributed by atoms with Gasteiger partial charge in [0.25, 0.3) is 0 Å². The average molecular weight is 398 g/mol. The van der Waals surface area contributed by atoms with E-state index in [1.807, 2.05) is 26.0 Å². The maximum absolute atomic E-state index is 12.7. The minimum atomic E-state index is -3.64. The van der Waals surface area contributed by atoms with Crippen LogP contribution in [-0.4, -0.2) is 28.2 Å². The Morgan fingerprint density at radius 3 is 2.23 bits per heavy atom. The van der Waals surface area contributed by atoms with Gasteiger partial charge in [0.2, 0.25) is 10.0 Å². The summed E-state index contributed by atoms with van der Waals surface area (Å²) in [5.74, 6) is 0.605. The number of sulfonamides is 1. The van der Waals surface area contributed by atoms with Crippen LogP contribution in [0.2, 0.25) is 5.02 Å². The van der Waals surface area contributed by atoms with E-state index in [2.05, 4.69) is 4.72 Å².